The van der Waals surface area contributed by atoms with Gasteiger partial charge in [0.25, 0.3) is 0 Å². The Balaban J connectivity index is 1.39. The van der Waals surface area contributed by atoms with Crippen molar-refractivity contribution in [3.63, 3.8) is 0 Å². The van der Waals surface area contributed by atoms with Crippen molar-refractivity contribution in [3.8, 4) is 0 Å². The number of ether oxygens (including phenoxy) is 1. The molecule has 0 aromatic heterocycles. The molecule has 3 fully saturated rings. The van der Waals surface area contributed by atoms with Gasteiger partial charge in [0.2, 0.25) is 0 Å². The number of nitrogens with one attached hydrogen (secondary N) is 1. The van der Waals surface area contributed by atoms with Crippen LogP contribution in [0.1, 0.15) is 64.7 Å². The minimum Gasteiger partial charge on any atom is -0.370 e. The van der Waals surface area contributed by atoms with Gasteiger partial charge in [-0.1, -0.05) is 19.3 Å². The highest BCUT2D eigenvalue weighted by atomic mass is 32.2. The summed E-state index contributed by atoms with van der Waals surface area (Å²) in [6.07, 6.45) is 12.7. The van der Waals surface area contributed by atoms with E-state index in [1.54, 1.807) is 0 Å². The molecule has 2 nitrogen and oxygen atoms in total. The van der Waals surface area contributed by atoms with E-state index in [1.807, 2.05) is 0 Å². The van der Waals surface area contributed by atoms with Crippen LogP contribution in [0.2, 0.25) is 0 Å². The molecule has 2 atom stereocenters. The van der Waals surface area contributed by atoms with Gasteiger partial charge in [0.15, 0.2) is 0 Å². The van der Waals surface area contributed by atoms with Crippen molar-refractivity contribution in [3.05, 3.63) is 0 Å². The number of hydrogen-bond acceptors (Lipinski definition) is 3. The summed E-state index contributed by atoms with van der Waals surface area (Å²) in [5.41, 5.74) is 0.288. The number of hydrogen-bond donors (Lipinski definition) is 1. The van der Waals surface area contributed by atoms with Gasteiger partial charge in [0.1, 0.15) is 0 Å². The van der Waals surface area contributed by atoms with Crippen LogP contribution < -0.4 is 5.32 Å². The van der Waals surface area contributed by atoms with Gasteiger partial charge in [-0.2, -0.15) is 11.8 Å². The average molecular weight is 283 g/mol. The van der Waals surface area contributed by atoms with E-state index in [0.717, 1.165) is 13.1 Å². The molecule has 0 amide bonds. The molecule has 3 rings (SSSR count). The van der Waals surface area contributed by atoms with Crippen LogP contribution in [0, 0.1) is 0 Å². The van der Waals surface area contributed by atoms with E-state index in [0.29, 0.717) is 10.9 Å². The molecule has 19 heavy (non-hydrogen) atoms. The Hall–Kier alpha value is 0.270. The van der Waals surface area contributed by atoms with E-state index in [1.165, 1.54) is 63.5 Å². The van der Waals surface area contributed by atoms with E-state index in [2.05, 4.69) is 24.0 Å². The fraction of sp³-hybridized carbons (Fsp3) is 1.00. The Morgan fingerprint density at radius 3 is 2.68 bits per heavy atom. The van der Waals surface area contributed by atoms with E-state index in [-0.39, 0.29) is 5.60 Å². The maximum atomic E-state index is 6.42. The van der Waals surface area contributed by atoms with Crippen molar-refractivity contribution in [2.45, 2.75) is 81.2 Å². The zero-order valence-corrected chi connectivity index (χ0v) is 13.2. The summed E-state index contributed by atoms with van der Waals surface area (Å²) in [5, 5.41) is 3.69. The standard InChI is InChI=1S/C16H29NOS/c1-15(7-5-11-19-15)13-17-12-14-6-10-16(18-14)8-3-2-4-9-16/h14,17H,2-13H2,1H3. The molecule has 0 aromatic carbocycles. The summed E-state index contributed by atoms with van der Waals surface area (Å²) < 4.78 is 6.91. The SMILES string of the molecule is CC1(CNCC2CCC3(CCCCC3)O2)CCCS1. The largest absolute Gasteiger partial charge is 0.370 e. The minimum absolute atomic E-state index is 0.288. The molecule has 0 aromatic rings. The molecule has 1 N–H and O–H groups in total. The van der Waals surface area contributed by atoms with E-state index >= 15 is 0 Å². The van der Waals surface area contributed by atoms with Crippen molar-refractivity contribution >= 4 is 11.8 Å². The third-order valence-electron chi connectivity index (χ3n) is 5.27. The van der Waals surface area contributed by atoms with Crippen LogP contribution in [0.5, 0.6) is 0 Å². The highest BCUT2D eigenvalue weighted by molar-refractivity contribution is 8.00. The second kappa shape index (κ2) is 5.95. The molecular formula is C16H29NOS. The Labute approximate surface area is 122 Å². The second-order valence-electron chi connectivity index (χ2n) is 7.06. The molecular weight excluding hydrogens is 254 g/mol. The quantitative estimate of drug-likeness (QED) is 0.849. The van der Waals surface area contributed by atoms with E-state index in [4.69, 9.17) is 4.74 Å². The average Bonchev–Trinajstić information content (AvgIpc) is 2.99. The van der Waals surface area contributed by atoms with Gasteiger partial charge in [-0.05, 0) is 51.2 Å². The fourth-order valence-corrected chi connectivity index (χ4v) is 5.35. The molecule has 1 spiro atoms. The van der Waals surface area contributed by atoms with Gasteiger partial charge in [-0.3, -0.25) is 0 Å². The first kappa shape index (κ1) is 14.2. The predicted octanol–water partition coefficient (Wildman–Crippen LogP) is 3.74. The third-order valence-corrected chi connectivity index (χ3v) is 6.81. The summed E-state index contributed by atoms with van der Waals surface area (Å²) >= 11 is 2.15. The van der Waals surface area contributed by atoms with Crippen LogP contribution in [-0.2, 0) is 4.74 Å². The first-order valence-corrected chi connectivity index (χ1v) is 9.21. The van der Waals surface area contributed by atoms with Crippen molar-refractivity contribution in [1.82, 2.24) is 5.32 Å². The molecule has 110 valence electrons. The fourth-order valence-electron chi connectivity index (χ4n) is 4.08. The lowest BCUT2D eigenvalue weighted by Crippen LogP contribution is -2.39. The van der Waals surface area contributed by atoms with Crippen molar-refractivity contribution in [2.75, 3.05) is 18.8 Å². The molecule has 0 bridgehead atoms. The Morgan fingerprint density at radius 2 is 1.95 bits per heavy atom. The molecule has 2 heterocycles. The predicted molar refractivity (Wildman–Crippen MR) is 82.9 cm³/mol. The first-order chi connectivity index (χ1) is 9.20. The summed E-state index contributed by atoms with van der Waals surface area (Å²) in [6, 6.07) is 0. The normalized spacial score (nSPS) is 38.1. The topological polar surface area (TPSA) is 21.3 Å². The Bertz CT molecular complexity index is 295. The Morgan fingerprint density at radius 1 is 1.11 bits per heavy atom. The molecule has 3 heteroatoms. The second-order valence-corrected chi connectivity index (χ2v) is 8.74. The molecule has 1 saturated carbocycles. The lowest BCUT2D eigenvalue weighted by Gasteiger charge is -2.33. The smallest absolute Gasteiger partial charge is 0.0708 e. The van der Waals surface area contributed by atoms with Crippen LogP contribution in [0.25, 0.3) is 0 Å². The summed E-state index contributed by atoms with van der Waals surface area (Å²) in [6.45, 7) is 4.64. The summed E-state index contributed by atoms with van der Waals surface area (Å²) in [4.78, 5) is 0. The van der Waals surface area contributed by atoms with Crippen molar-refractivity contribution in [2.24, 2.45) is 0 Å². The monoisotopic (exact) mass is 283 g/mol. The lowest BCUT2D eigenvalue weighted by molar-refractivity contribution is -0.0623. The van der Waals surface area contributed by atoms with Gasteiger partial charge in [0, 0.05) is 17.8 Å². The van der Waals surface area contributed by atoms with Crippen molar-refractivity contribution < 1.29 is 4.74 Å². The first-order valence-electron chi connectivity index (χ1n) is 8.22. The maximum Gasteiger partial charge on any atom is 0.0708 e. The zero-order chi connectivity index (χ0) is 13.2. The number of rotatable bonds is 4. The molecule has 1 aliphatic carbocycles. The lowest BCUT2D eigenvalue weighted by atomic mass is 9.83. The van der Waals surface area contributed by atoms with E-state index in [9.17, 15) is 0 Å². The van der Waals surface area contributed by atoms with Gasteiger partial charge in [-0.15, -0.1) is 0 Å². The van der Waals surface area contributed by atoms with Crippen LogP contribution in [0.4, 0.5) is 0 Å². The van der Waals surface area contributed by atoms with Crippen LogP contribution in [0.15, 0.2) is 0 Å². The summed E-state index contributed by atoms with van der Waals surface area (Å²) in [5.74, 6) is 1.35. The minimum atomic E-state index is 0.288. The van der Waals surface area contributed by atoms with Gasteiger partial charge in [0.05, 0.1) is 11.7 Å². The van der Waals surface area contributed by atoms with Gasteiger partial charge >= 0.3 is 0 Å². The van der Waals surface area contributed by atoms with Gasteiger partial charge in [-0.25, -0.2) is 0 Å². The zero-order valence-electron chi connectivity index (χ0n) is 12.4. The van der Waals surface area contributed by atoms with Crippen molar-refractivity contribution in [1.29, 1.82) is 0 Å². The maximum absolute atomic E-state index is 6.42. The third kappa shape index (κ3) is 3.48. The van der Waals surface area contributed by atoms with Crippen LogP contribution in [-0.4, -0.2) is 35.3 Å². The van der Waals surface area contributed by atoms with E-state index < -0.39 is 0 Å². The molecule has 0 radical (unpaired) electrons. The van der Waals surface area contributed by atoms with Crippen LogP contribution >= 0.6 is 11.8 Å². The van der Waals surface area contributed by atoms with Crippen LogP contribution in [0.3, 0.4) is 0 Å². The number of thioether (sulfide) groups is 1. The highest BCUT2D eigenvalue weighted by Gasteiger charge is 2.40. The highest BCUT2D eigenvalue weighted by Crippen LogP contribution is 2.42. The Kier molecular flexibility index (Phi) is 4.45. The summed E-state index contributed by atoms with van der Waals surface area (Å²) in [7, 11) is 0. The molecule has 2 aliphatic heterocycles. The molecule has 3 aliphatic rings. The molecule has 2 saturated heterocycles. The van der Waals surface area contributed by atoms with Gasteiger partial charge < -0.3 is 10.1 Å². The molecule has 2 unspecified atom stereocenters.